The molecule has 0 aliphatic rings. The van der Waals surface area contributed by atoms with Gasteiger partial charge < -0.3 is 20.5 Å². The number of anilines is 1. The third-order valence-electron chi connectivity index (χ3n) is 4.23. The smallest absolute Gasteiger partial charge is 0.251 e. The van der Waals surface area contributed by atoms with Gasteiger partial charge in [-0.25, -0.2) is 0 Å². The van der Waals surface area contributed by atoms with Crippen LogP contribution in [0.2, 0.25) is 0 Å². The van der Waals surface area contributed by atoms with Crippen molar-refractivity contribution in [2.75, 3.05) is 25.1 Å². The van der Waals surface area contributed by atoms with Gasteiger partial charge >= 0.3 is 0 Å². The number of ether oxygens (including phenoxy) is 1. The van der Waals surface area contributed by atoms with Gasteiger partial charge in [-0.05, 0) is 48.4 Å². The van der Waals surface area contributed by atoms with Crippen molar-refractivity contribution in [2.24, 2.45) is 0 Å². The van der Waals surface area contributed by atoms with Crippen molar-refractivity contribution in [3.05, 3.63) is 59.7 Å². The molecule has 0 unspecified atom stereocenters. The van der Waals surface area contributed by atoms with Gasteiger partial charge in [-0.2, -0.15) is 0 Å². The number of hydrogen-bond donors (Lipinski definition) is 3. The highest BCUT2D eigenvalue weighted by Crippen LogP contribution is 2.15. The SMILES string of the molecule is CCCCCCOc1ccc(CNc2ccc(C(=O)NCCO)cc2)cc1. The molecule has 2 rings (SSSR count). The minimum Gasteiger partial charge on any atom is -0.494 e. The number of aliphatic hydroxyl groups excluding tert-OH is 1. The van der Waals surface area contributed by atoms with Gasteiger partial charge in [0.25, 0.3) is 5.91 Å². The van der Waals surface area contributed by atoms with Crippen LogP contribution in [0.5, 0.6) is 5.75 Å². The lowest BCUT2D eigenvalue weighted by molar-refractivity contribution is 0.0945. The lowest BCUT2D eigenvalue weighted by Gasteiger charge is -2.10. The molecule has 0 aromatic heterocycles. The van der Waals surface area contributed by atoms with E-state index in [-0.39, 0.29) is 19.1 Å². The average Bonchev–Trinajstić information content (AvgIpc) is 2.71. The Bertz CT molecular complexity index is 669. The Kier molecular flexibility index (Phi) is 9.21. The Morgan fingerprint density at radius 2 is 1.74 bits per heavy atom. The van der Waals surface area contributed by atoms with Gasteiger partial charge in [-0.1, -0.05) is 38.3 Å². The van der Waals surface area contributed by atoms with E-state index in [1.165, 1.54) is 19.3 Å². The zero-order valence-corrected chi connectivity index (χ0v) is 16.0. The maximum absolute atomic E-state index is 11.8. The number of carbonyl (C=O) groups excluding carboxylic acids is 1. The molecule has 146 valence electrons. The highest BCUT2D eigenvalue weighted by molar-refractivity contribution is 5.94. The van der Waals surface area contributed by atoms with E-state index in [9.17, 15) is 4.79 Å². The number of rotatable bonds is 12. The van der Waals surface area contributed by atoms with Crippen LogP contribution in [0.25, 0.3) is 0 Å². The molecule has 0 aliphatic heterocycles. The number of hydrogen-bond acceptors (Lipinski definition) is 4. The molecule has 5 heteroatoms. The summed E-state index contributed by atoms with van der Waals surface area (Å²) in [4.78, 5) is 11.8. The van der Waals surface area contributed by atoms with Crippen LogP contribution in [-0.4, -0.2) is 30.8 Å². The standard InChI is InChI=1S/C22H30N2O3/c1-2-3-4-5-16-27-21-12-6-18(7-13-21)17-24-20-10-8-19(9-11-20)22(26)23-14-15-25/h6-13,24-25H,2-5,14-17H2,1H3,(H,23,26). The molecular formula is C22H30N2O3. The van der Waals surface area contributed by atoms with E-state index in [2.05, 4.69) is 29.7 Å². The number of carbonyl (C=O) groups is 1. The van der Waals surface area contributed by atoms with Crippen molar-refractivity contribution in [1.82, 2.24) is 5.32 Å². The number of unbranched alkanes of at least 4 members (excludes halogenated alkanes) is 3. The second-order valence-electron chi connectivity index (χ2n) is 6.46. The van der Waals surface area contributed by atoms with Crippen LogP contribution in [0.1, 0.15) is 48.5 Å². The summed E-state index contributed by atoms with van der Waals surface area (Å²) < 4.78 is 5.76. The summed E-state index contributed by atoms with van der Waals surface area (Å²) in [6.07, 6.45) is 4.83. The largest absolute Gasteiger partial charge is 0.494 e. The predicted octanol–water partition coefficient (Wildman–Crippen LogP) is 3.98. The number of amides is 1. The van der Waals surface area contributed by atoms with Crippen molar-refractivity contribution in [3.8, 4) is 5.75 Å². The molecule has 3 N–H and O–H groups in total. The highest BCUT2D eigenvalue weighted by atomic mass is 16.5. The molecule has 2 aromatic carbocycles. The van der Waals surface area contributed by atoms with Crippen LogP contribution in [0.3, 0.4) is 0 Å². The monoisotopic (exact) mass is 370 g/mol. The van der Waals surface area contributed by atoms with Crippen LogP contribution in [0.4, 0.5) is 5.69 Å². The number of aliphatic hydroxyl groups is 1. The molecule has 5 nitrogen and oxygen atoms in total. The first kappa shape index (κ1) is 20.8. The van der Waals surface area contributed by atoms with Crippen LogP contribution in [0, 0.1) is 0 Å². The van der Waals surface area contributed by atoms with E-state index < -0.39 is 0 Å². The summed E-state index contributed by atoms with van der Waals surface area (Å²) in [6.45, 7) is 3.88. The number of benzene rings is 2. The third kappa shape index (κ3) is 7.71. The van der Waals surface area contributed by atoms with Gasteiger partial charge in [0, 0.05) is 24.3 Å². The van der Waals surface area contributed by atoms with Gasteiger partial charge in [0.2, 0.25) is 0 Å². The minimum atomic E-state index is -0.180. The zero-order chi connectivity index (χ0) is 19.3. The summed E-state index contributed by atoms with van der Waals surface area (Å²) >= 11 is 0. The van der Waals surface area contributed by atoms with Gasteiger partial charge in [-0.15, -0.1) is 0 Å². The second-order valence-corrected chi connectivity index (χ2v) is 6.46. The van der Waals surface area contributed by atoms with E-state index in [1.54, 1.807) is 12.1 Å². The first-order valence-electron chi connectivity index (χ1n) is 9.67. The molecule has 0 fully saturated rings. The molecule has 0 aliphatic carbocycles. The minimum absolute atomic E-state index is 0.0614. The fourth-order valence-corrected chi connectivity index (χ4v) is 2.64. The topological polar surface area (TPSA) is 70.6 Å². The Hall–Kier alpha value is -2.53. The van der Waals surface area contributed by atoms with E-state index in [1.807, 2.05) is 24.3 Å². The first-order valence-corrected chi connectivity index (χ1v) is 9.67. The Morgan fingerprint density at radius 3 is 2.41 bits per heavy atom. The molecule has 1 amide bonds. The van der Waals surface area contributed by atoms with Crippen molar-refractivity contribution < 1.29 is 14.6 Å². The Morgan fingerprint density at radius 1 is 1.00 bits per heavy atom. The Labute approximate surface area is 161 Å². The molecule has 0 bridgehead atoms. The molecule has 2 aromatic rings. The zero-order valence-electron chi connectivity index (χ0n) is 16.0. The van der Waals surface area contributed by atoms with Crippen LogP contribution in [0.15, 0.2) is 48.5 Å². The van der Waals surface area contributed by atoms with E-state index >= 15 is 0 Å². The third-order valence-corrected chi connectivity index (χ3v) is 4.23. The quantitative estimate of drug-likeness (QED) is 0.494. The molecule has 0 saturated carbocycles. The average molecular weight is 370 g/mol. The first-order chi connectivity index (χ1) is 13.2. The van der Waals surface area contributed by atoms with Crippen LogP contribution >= 0.6 is 0 Å². The molecule has 0 spiro atoms. The van der Waals surface area contributed by atoms with Crippen molar-refractivity contribution in [1.29, 1.82) is 0 Å². The molecule has 27 heavy (non-hydrogen) atoms. The van der Waals surface area contributed by atoms with Crippen LogP contribution < -0.4 is 15.4 Å². The predicted molar refractivity (Wildman–Crippen MR) is 109 cm³/mol. The Balaban J connectivity index is 1.75. The van der Waals surface area contributed by atoms with Crippen molar-refractivity contribution in [3.63, 3.8) is 0 Å². The lowest BCUT2D eigenvalue weighted by atomic mass is 10.1. The van der Waals surface area contributed by atoms with Crippen molar-refractivity contribution in [2.45, 2.75) is 39.2 Å². The summed E-state index contributed by atoms with van der Waals surface area (Å²) in [5, 5.41) is 14.7. The van der Waals surface area contributed by atoms with Gasteiger partial charge in [0.1, 0.15) is 5.75 Å². The summed E-state index contributed by atoms with van der Waals surface area (Å²) in [5.41, 5.74) is 2.69. The second kappa shape index (κ2) is 12.0. The maximum atomic E-state index is 11.8. The highest BCUT2D eigenvalue weighted by Gasteiger charge is 2.04. The maximum Gasteiger partial charge on any atom is 0.251 e. The van der Waals surface area contributed by atoms with Gasteiger partial charge in [-0.3, -0.25) is 4.79 Å². The molecule has 0 heterocycles. The van der Waals surface area contributed by atoms with E-state index in [0.29, 0.717) is 12.1 Å². The summed E-state index contributed by atoms with van der Waals surface area (Å²) in [6, 6.07) is 15.4. The molecule has 0 saturated heterocycles. The van der Waals surface area contributed by atoms with Gasteiger partial charge in [0.15, 0.2) is 0 Å². The van der Waals surface area contributed by atoms with E-state index in [4.69, 9.17) is 9.84 Å². The molecule has 0 radical (unpaired) electrons. The molecule has 0 atom stereocenters. The van der Waals surface area contributed by atoms with Crippen molar-refractivity contribution >= 4 is 11.6 Å². The number of nitrogens with one attached hydrogen (secondary N) is 2. The molecular weight excluding hydrogens is 340 g/mol. The van der Waals surface area contributed by atoms with Gasteiger partial charge in [0.05, 0.1) is 13.2 Å². The van der Waals surface area contributed by atoms with E-state index in [0.717, 1.165) is 30.0 Å². The lowest BCUT2D eigenvalue weighted by Crippen LogP contribution is -2.26. The van der Waals surface area contributed by atoms with Crippen LogP contribution in [-0.2, 0) is 6.54 Å². The summed E-state index contributed by atoms with van der Waals surface area (Å²) in [7, 11) is 0. The fraction of sp³-hybridized carbons (Fsp3) is 0.409. The summed E-state index contributed by atoms with van der Waals surface area (Å²) in [5.74, 6) is 0.731. The normalized spacial score (nSPS) is 10.4. The fourth-order valence-electron chi connectivity index (χ4n) is 2.64.